The molecule has 242 valence electrons. The second kappa shape index (κ2) is 14.5. The molecule has 3 aromatic carbocycles. The Labute approximate surface area is 279 Å². The van der Waals surface area contributed by atoms with Gasteiger partial charge in [0.05, 0.1) is 24.7 Å². The van der Waals surface area contributed by atoms with Gasteiger partial charge >= 0.3 is 5.88 Å². The molecule has 1 aliphatic carbocycles. The minimum absolute atomic E-state index is 0. The molecular weight excluding hydrogens is 650 g/mol. The first-order chi connectivity index (χ1) is 21.8. The first kappa shape index (κ1) is 33.2. The molecule has 3 heterocycles. The number of aliphatic imine (C=N–C) groups is 1. The molecule has 3 aliphatic rings. The molecule has 0 bridgehead atoms. The average Bonchev–Trinajstić information content (AvgIpc) is 3.60. The smallest absolute Gasteiger partial charge is 0.322 e. The number of aliphatic hydroxyl groups is 1. The van der Waals surface area contributed by atoms with E-state index in [0.717, 1.165) is 37.4 Å². The van der Waals surface area contributed by atoms with E-state index in [2.05, 4.69) is 51.8 Å². The van der Waals surface area contributed by atoms with Crippen LogP contribution in [0.15, 0.2) is 101 Å². The maximum atomic E-state index is 11.9. The Morgan fingerprint density at radius 1 is 1.17 bits per heavy atom. The molecule has 10 nitrogen and oxygen atoms in total. The van der Waals surface area contributed by atoms with Gasteiger partial charge in [0, 0.05) is 37.6 Å². The van der Waals surface area contributed by atoms with Crippen molar-refractivity contribution in [1.29, 1.82) is 0 Å². The summed E-state index contributed by atoms with van der Waals surface area (Å²) in [5.74, 6) is 1.85. The average molecular weight is 691 g/mol. The molecule has 0 amide bonds. The van der Waals surface area contributed by atoms with E-state index in [9.17, 15) is 10.2 Å². The third-order valence-corrected chi connectivity index (χ3v) is 8.68. The number of para-hydroxylation sites is 1. The summed E-state index contributed by atoms with van der Waals surface area (Å²) in [6.45, 7) is 3.99. The van der Waals surface area contributed by atoms with Crippen molar-refractivity contribution in [3.05, 3.63) is 108 Å². The number of amidine groups is 1. The number of rotatable bonds is 6. The second-order valence-corrected chi connectivity index (χ2v) is 11.9. The SMILES string of the molecule is Br.CC(Cc1ccccc1)[n+]1cc(/N=C(\[O-])Nc2ccccc2)on1.COc1ccc2c3c1O[C@H]1C[C@@H](O)C=C[C@@]31CCN(C)C2. The van der Waals surface area contributed by atoms with Gasteiger partial charge in [-0.25, -0.2) is 4.99 Å². The van der Waals surface area contributed by atoms with Crippen LogP contribution in [0.3, 0.4) is 0 Å². The highest BCUT2D eigenvalue weighted by Crippen LogP contribution is 2.55. The highest BCUT2D eigenvalue weighted by atomic mass is 79.9. The van der Waals surface area contributed by atoms with Crippen LogP contribution in [0.1, 0.15) is 42.5 Å². The number of hydrogen-bond acceptors (Lipinski definition) is 8. The van der Waals surface area contributed by atoms with E-state index in [1.807, 2.05) is 55.5 Å². The molecule has 4 aromatic rings. The van der Waals surface area contributed by atoms with E-state index in [1.165, 1.54) is 16.7 Å². The van der Waals surface area contributed by atoms with Crippen molar-refractivity contribution in [1.82, 2.24) is 10.2 Å². The Hall–Kier alpha value is -4.19. The van der Waals surface area contributed by atoms with Crippen molar-refractivity contribution in [3.8, 4) is 11.5 Å². The van der Waals surface area contributed by atoms with E-state index < -0.39 is 12.1 Å². The van der Waals surface area contributed by atoms with E-state index in [0.29, 0.717) is 12.1 Å². The highest BCUT2D eigenvalue weighted by Gasteiger charge is 2.52. The van der Waals surface area contributed by atoms with Crippen molar-refractivity contribution >= 4 is 34.6 Å². The number of anilines is 1. The lowest BCUT2D eigenvalue weighted by atomic mass is 9.69. The summed E-state index contributed by atoms with van der Waals surface area (Å²) < 4.78 is 18.5. The van der Waals surface area contributed by atoms with E-state index in [1.54, 1.807) is 30.1 Å². The minimum atomic E-state index is -0.500. The van der Waals surface area contributed by atoms with Gasteiger partial charge in [-0.2, -0.15) is 0 Å². The summed E-state index contributed by atoms with van der Waals surface area (Å²) in [6, 6.07) is 23.0. The zero-order valence-corrected chi connectivity index (χ0v) is 27.9. The van der Waals surface area contributed by atoms with Crippen LogP contribution in [-0.4, -0.2) is 54.2 Å². The fourth-order valence-electron chi connectivity index (χ4n) is 6.41. The quantitative estimate of drug-likeness (QED) is 0.130. The summed E-state index contributed by atoms with van der Waals surface area (Å²) >= 11 is 0. The Morgan fingerprint density at radius 3 is 2.65 bits per heavy atom. The zero-order valence-electron chi connectivity index (χ0n) is 26.2. The molecule has 1 spiro atoms. The molecule has 0 saturated heterocycles. The van der Waals surface area contributed by atoms with E-state index >= 15 is 0 Å². The van der Waals surface area contributed by atoms with Crippen LogP contribution in [0.2, 0.25) is 0 Å². The normalized spacial score (nSPS) is 22.1. The summed E-state index contributed by atoms with van der Waals surface area (Å²) in [6.07, 6.45) is 7.82. The molecule has 4 atom stereocenters. The van der Waals surface area contributed by atoms with Crippen molar-refractivity contribution in [2.45, 2.75) is 56.4 Å². The predicted octanol–water partition coefficient (Wildman–Crippen LogP) is 4.65. The second-order valence-electron chi connectivity index (χ2n) is 11.9. The molecule has 0 radical (unpaired) electrons. The van der Waals surface area contributed by atoms with E-state index in [4.69, 9.17) is 14.0 Å². The van der Waals surface area contributed by atoms with Crippen molar-refractivity contribution in [2.75, 3.05) is 26.0 Å². The third-order valence-electron chi connectivity index (χ3n) is 8.68. The molecule has 2 N–H and O–H groups in total. The van der Waals surface area contributed by atoms with Crippen LogP contribution >= 0.6 is 17.0 Å². The van der Waals surface area contributed by atoms with Crippen LogP contribution in [0.25, 0.3) is 0 Å². The van der Waals surface area contributed by atoms with Gasteiger partial charge in [0.25, 0.3) is 6.20 Å². The number of nitrogens with zero attached hydrogens (tertiary/aromatic N) is 4. The monoisotopic (exact) mass is 689 g/mol. The van der Waals surface area contributed by atoms with Crippen LogP contribution in [0.4, 0.5) is 11.6 Å². The summed E-state index contributed by atoms with van der Waals surface area (Å²) in [5.41, 5.74) is 4.37. The third kappa shape index (κ3) is 7.11. The largest absolute Gasteiger partial charge is 0.846 e. The van der Waals surface area contributed by atoms with Gasteiger partial charge in [-0.15, -0.1) is 17.0 Å². The van der Waals surface area contributed by atoms with Crippen molar-refractivity contribution in [3.63, 3.8) is 0 Å². The predicted molar refractivity (Wildman–Crippen MR) is 179 cm³/mol. The number of ether oxygens (including phenoxy) is 2. The lowest BCUT2D eigenvalue weighted by Crippen LogP contribution is -2.42. The lowest BCUT2D eigenvalue weighted by Gasteiger charge is -2.35. The Balaban J connectivity index is 0.000000178. The first-order valence-corrected chi connectivity index (χ1v) is 15.3. The van der Waals surface area contributed by atoms with Crippen molar-refractivity contribution in [2.24, 2.45) is 4.99 Å². The Bertz CT molecular complexity index is 1660. The highest BCUT2D eigenvalue weighted by molar-refractivity contribution is 8.93. The van der Waals surface area contributed by atoms with Gasteiger partial charge < -0.3 is 29.9 Å². The molecule has 1 unspecified atom stereocenters. The minimum Gasteiger partial charge on any atom is -0.846 e. The van der Waals surface area contributed by atoms with Crippen LogP contribution < -0.4 is 24.6 Å². The van der Waals surface area contributed by atoms with Crippen LogP contribution in [0, 0.1) is 0 Å². The standard InChI is InChI=1S/C18H18N4O2.C17H21NO3.BrH/c1-14(12-15-8-4-2-5-9-15)22-13-17(24-21-22)20-18(23)19-16-10-6-3-7-11-16;1-18-8-7-17-6-5-12(19)9-14(17)21-16-13(20-2)4-3-11(10-18)15(16)17;/h2-11,13-14H,12H2,1H3,(H-,19,20,21,23);3-6,12,14,19H,7-10H2,1-2H3;1H/t;12-,14-,17-;/m.0./s1. The maximum Gasteiger partial charge on any atom is 0.322 e. The fraction of sp³-hybridized carbons (Fsp3) is 0.343. The number of hydrogen-bond donors (Lipinski definition) is 2. The van der Waals surface area contributed by atoms with Gasteiger partial charge in [-0.3, -0.25) is 4.52 Å². The molecule has 7 rings (SSSR count). The molecule has 11 heteroatoms. The lowest BCUT2D eigenvalue weighted by molar-refractivity contribution is -0.782. The van der Waals surface area contributed by atoms with Gasteiger partial charge in [0.2, 0.25) is 5.27 Å². The number of halogens is 1. The first-order valence-electron chi connectivity index (χ1n) is 15.3. The molecule has 46 heavy (non-hydrogen) atoms. The van der Waals surface area contributed by atoms with E-state index in [-0.39, 0.29) is 40.4 Å². The molecular formula is C35H40BrN5O5. The van der Waals surface area contributed by atoms with Gasteiger partial charge in [-0.05, 0) is 54.0 Å². The van der Waals surface area contributed by atoms with Crippen molar-refractivity contribution < 1.29 is 28.9 Å². The number of benzene rings is 3. The number of aromatic nitrogens is 2. The topological polar surface area (TPSA) is 119 Å². The summed E-state index contributed by atoms with van der Waals surface area (Å²) in [5, 5.41) is 28.5. The van der Waals surface area contributed by atoms with Gasteiger partial charge in [-0.1, -0.05) is 66.7 Å². The molecule has 0 saturated carbocycles. The maximum absolute atomic E-state index is 11.9. The van der Waals surface area contributed by atoms with Crippen LogP contribution in [-0.2, 0) is 18.4 Å². The molecule has 0 fully saturated rings. The molecule has 1 aromatic heterocycles. The van der Waals surface area contributed by atoms with Crippen LogP contribution in [0.5, 0.6) is 11.5 Å². The summed E-state index contributed by atoms with van der Waals surface area (Å²) in [7, 11) is 3.84. The Kier molecular flexibility index (Phi) is 10.5. The number of methoxy groups -OCH3 is 1. The number of nitrogens with one attached hydrogen (secondary N) is 1. The fourth-order valence-corrected chi connectivity index (χ4v) is 6.41. The van der Waals surface area contributed by atoms with Gasteiger partial charge in [0.15, 0.2) is 17.5 Å². The number of aliphatic hydroxyl groups excluding tert-OH is 1. The molecule has 2 aliphatic heterocycles. The summed E-state index contributed by atoms with van der Waals surface area (Å²) in [4.78, 5) is 6.22. The zero-order chi connectivity index (χ0) is 31.4. The van der Waals surface area contributed by atoms with Gasteiger partial charge in [0.1, 0.15) is 6.10 Å². The Morgan fingerprint density at radius 2 is 1.91 bits per heavy atom.